The molecular weight excluding hydrogens is 546 g/mol. The molecule has 2 aromatic carbocycles. The van der Waals surface area contributed by atoms with Crippen LogP contribution in [0.4, 0.5) is 5.69 Å². The average molecular weight is 571 g/mol. The van der Waals surface area contributed by atoms with Crippen molar-refractivity contribution >= 4 is 60.8 Å². The van der Waals surface area contributed by atoms with E-state index < -0.39 is 0 Å². The number of ether oxygens (including phenoxy) is 1. The largest absolute Gasteiger partial charge is 0.370 e. The van der Waals surface area contributed by atoms with Gasteiger partial charge >= 0.3 is 0 Å². The first-order valence-corrected chi connectivity index (χ1v) is 13.8. The third kappa shape index (κ3) is 5.09. The quantitative estimate of drug-likeness (QED) is 0.232. The molecule has 0 saturated heterocycles. The number of carbonyl (C=O) groups excluding carboxylic acids is 1. The molecule has 0 aliphatic carbocycles. The molecule has 0 spiro atoms. The van der Waals surface area contributed by atoms with Crippen LogP contribution in [0, 0.1) is 6.92 Å². The molecule has 5 rings (SSSR count). The first-order chi connectivity index (χ1) is 16.7. The fourth-order valence-electron chi connectivity index (χ4n) is 4.13. The Balaban J connectivity index is 1.54. The maximum Gasteiger partial charge on any atom is 0.267 e. The van der Waals surface area contributed by atoms with E-state index in [4.69, 9.17) is 9.72 Å². The molecule has 0 saturated carbocycles. The normalized spacial score (nSPS) is 14.6. The van der Waals surface area contributed by atoms with Crippen molar-refractivity contribution in [2.75, 3.05) is 11.1 Å². The zero-order valence-electron chi connectivity index (χ0n) is 19.6. The Morgan fingerprint density at radius 1 is 1.26 bits per heavy atom. The number of rotatable bonds is 5. The molecule has 2 aromatic heterocycles. The van der Waals surface area contributed by atoms with Crippen LogP contribution in [0.15, 0.2) is 63.0 Å². The monoisotopic (exact) mass is 569 g/mol. The van der Waals surface area contributed by atoms with Gasteiger partial charge in [-0.2, -0.15) is 0 Å². The van der Waals surface area contributed by atoms with Gasteiger partial charge in [0.25, 0.3) is 5.56 Å². The molecule has 0 atom stereocenters. The van der Waals surface area contributed by atoms with Crippen molar-refractivity contribution in [1.29, 1.82) is 0 Å². The number of carbonyl (C=O) groups is 1. The van der Waals surface area contributed by atoms with Crippen molar-refractivity contribution in [3.8, 4) is 5.69 Å². The van der Waals surface area contributed by atoms with E-state index in [9.17, 15) is 9.59 Å². The molecule has 35 heavy (non-hydrogen) atoms. The molecule has 9 heteroatoms. The van der Waals surface area contributed by atoms with Gasteiger partial charge in [0, 0.05) is 21.5 Å². The molecule has 0 radical (unpaired) electrons. The number of aryl methyl sites for hydroxylation is 1. The number of amides is 1. The number of fused-ring (bicyclic) bond motifs is 3. The van der Waals surface area contributed by atoms with E-state index in [1.165, 1.54) is 23.1 Å². The van der Waals surface area contributed by atoms with Gasteiger partial charge in [0.1, 0.15) is 4.83 Å². The van der Waals surface area contributed by atoms with E-state index >= 15 is 0 Å². The summed E-state index contributed by atoms with van der Waals surface area (Å²) in [5, 5.41) is 4.06. The van der Waals surface area contributed by atoms with Gasteiger partial charge < -0.3 is 10.1 Å². The molecule has 1 amide bonds. The van der Waals surface area contributed by atoms with Gasteiger partial charge in [-0.15, -0.1) is 11.3 Å². The second kappa shape index (κ2) is 9.54. The topological polar surface area (TPSA) is 73.2 Å². The maximum absolute atomic E-state index is 13.9. The van der Waals surface area contributed by atoms with Crippen molar-refractivity contribution in [2.45, 2.75) is 44.6 Å². The third-order valence-corrected chi connectivity index (χ3v) is 8.36. The molecule has 1 N–H and O–H groups in total. The lowest BCUT2D eigenvalue weighted by Crippen LogP contribution is -2.32. The molecular formula is C26H24BrN3O3S2. The summed E-state index contributed by atoms with van der Waals surface area (Å²) in [7, 11) is 0. The molecule has 3 heterocycles. The van der Waals surface area contributed by atoms with Gasteiger partial charge in [-0.1, -0.05) is 39.8 Å². The molecule has 6 nitrogen and oxygen atoms in total. The van der Waals surface area contributed by atoms with Gasteiger partial charge in [0.2, 0.25) is 5.91 Å². The van der Waals surface area contributed by atoms with Crippen molar-refractivity contribution in [1.82, 2.24) is 9.55 Å². The van der Waals surface area contributed by atoms with Crippen LogP contribution in [-0.2, 0) is 22.6 Å². The van der Waals surface area contributed by atoms with E-state index in [1.54, 1.807) is 4.57 Å². The highest BCUT2D eigenvalue weighted by Gasteiger charge is 2.31. The summed E-state index contributed by atoms with van der Waals surface area (Å²) in [5.74, 6) is -0.0378. The van der Waals surface area contributed by atoms with E-state index in [0.717, 1.165) is 26.2 Å². The van der Waals surface area contributed by atoms with Crippen molar-refractivity contribution in [2.24, 2.45) is 0 Å². The van der Waals surface area contributed by atoms with Crippen LogP contribution in [-0.4, -0.2) is 26.8 Å². The van der Waals surface area contributed by atoms with E-state index in [1.807, 2.05) is 69.3 Å². The number of halogens is 1. The molecule has 4 aromatic rings. The summed E-state index contributed by atoms with van der Waals surface area (Å²) in [6, 6.07) is 15.2. The predicted molar refractivity (Wildman–Crippen MR) is 146 cm³/mol. The summed E-state index contributed by atoms with van der Waals surface area (Å²) in [6.45, 7) is 6.55. The number of thiophene rings is 1. The third-order valence-electron chi connectivity index (χ3n) is 5.79. The molecule has 1 aliphatic rings. The summed E-state index contributed by atoms with van der Waals surface area (Å²) in [4.78, 5) is 33.3. The average Bonchev–Trinajstić information content (AvgIpc) is 3.16. The zero-order chi connectivity index (χ0) is 24.7. The minimum atomic E-state index is -0.333. The van der Waals surface area contributed by atoms with Crippen LogP contribution < -0.4 is 10.9 Å². The fourth-order valence-corrected chi connectivity index (χ4v) is 6.35. The number of hydrogen-bond donors (Lipinski definition) is 1. The van der Waals surface area contributed by atoms with Crippen molar-refractivity contribution < 1.29 is 9.53 Å². The number of hydrogen-bond acceptors (Lipinski definition) is 6. The minimum absolute atomic E-state index is 0.105. The highest BCUT2D eigenvalue weighted by molar-refractivity contribution is 9.10. The number of aromatic nitrogens is 2. The maximum atomic E-state index is 13.9. The second-order valence-electron chi connectivity index (χ2n) is 9.13. The van der Waals surface area contributed by atoms with E-state index in [-0.39, 0.29) is 22.8 Å². The first-order valence-electron chi connectivity index (χ1n) is 11.2. The number of anilines is 1. The Morgan fingerprint density at radius 3 is 2.77 bits per heavy atom. The Morgan fingerprint density at radius 2 is 2.03 bits per heavy atom. The molecule has 0 fully saturated rings. The van der Waals surface area contributed by atoms with Crippen molar-refractivity contribution in [3.05, 3.63) is 79.4 Å². The lowest BCUT2D eigenvalue weighted by atomic mass is 9.94. The highest BCUT2D eigenvalue weighted by Crippen LogP contribution is 2.38. The van der Waals surface area contributed by atoms with Crippen LogP contribution in [0.25, 0.3) is 15.9 Å². The number of nitrogens with one attached hydrogen (secondary N) is 1. The van der Waals surface area contributed by atoms with Crippen LogP contribution >= 0.6 is 39.0 Å². The Hall–Kier alpha value is -2.46. The van der Waals surface area contributed by atoms with Crippen LogP contribution in [0.1, 0.15) is 29.9 Å². The standard InChI is InChI=1S/C26H24BrN3O3S2/c1-15-5-4-6-18(11-15)30-24(32)22-19-12-26(2,3)33-13-20(19)35-23(22)29-25(30)34-14-21(31)28-17-9-7-16(27)8-10-17/h4-11H,12-14H2,1-3H3,(H,28,31). The molecule has 0 bridgehead atoms. The summed E-state index contributed by atoms with van der Waals surface area (Å²) in [5.41, 5.74) is 3.09. The van der Waals surface area contributed by atoms with Crippen LogP contribution in [0.5, 0.6) is 0 Å². The van der Waals surface area contributed by atoms with Crippen LogP contribution in [0.2, 0.25) is 0 Å². The number of thioether (sulfide) groups is 1. The number of nitrogens with zero attached hydrogens (tertiary/aromatic N) is 2. The van der Waals surface area contributed by atoms with E-state index in [0.29, 0.717) is 34.1 Å². The SMILES string of the molecule is Cc1cccc(-n2c(SCC(=O)Nc3ccc(Br)cc3)nc3sc4c(c3c2=O)CC(C)(C)OC4)c1. The highest BCUT2D eigenvalue weighted by atomic mass is 79.9. The summed E-state index contributed by atoms with van der Waals surface area (Å²) < 4.78 is 8.56. The first kappa shape index (κ1) is 24.2. The fraction of sp³-hybridized carbons (Fsp3) is 0.269. The summed E-state index contributed by atoms with van der Waals surface area (Å²) in [6.07, 6.45) is 0.662. The van der Waals surface area contributed by atoms with Gasteiger partial charge in [-0.05, 0) is 68.3 Å². The predicted octanol–water partition coefficient (Wildman–Crippen LogP) is 6.10. The molecule has 0 unspecified atom stereocenters. The lowest BCUT2D eigenvalue weighted by molar-refractivity contribution is -0.113. The lowest BCUT2D eigenvalue weighted by Gasteiger charge is -2.29. The minimum Gasteiger partial charge on any atom is -0.370 e. The van der Waals surface area contributed by atoms with Gasteiger partial charge in [-0.25, -0.2) is 4.98 Å². The molecule has 180 valence electrons. The summed E-state index contributed by atoms with van der Waals surface area (Å²) >= 11 is 6.16. The zero-order valence-corrected chi connectivity index (χ0v) is 22.8. The Kier molecular flexibility index (Phi) is 6.61. The number of benzene rings is 2. The van der Waals surface area contributed by atoms with Crippen LogP contribution in [0.3, 0.4) is 0 Å². The second-order valence-corrected chi connectivity index (χ2v) is 12.1. The smallest absolute Gasteiger partial charge is 0.267 e. The van der Waals surface area contributed by atoms with Gasteiger partial charge in [0.05, 0.1) is 29.0 Å². The van der Waals surface area contributed by atoms with Gasteiger partial charge in [0.15, 0.2) is 5.16 Å². The van der Waals surface area contributed by atoms with E-state index in [2.05, 4.69) is 21.2 Å². The Labute approximate surface area is 219 Å². The Bertz CT molecular complexity index is 1490. The van der Waals surface area contributed by atoms with Gasteiger partial charge in [-0.3, -0.25) is 14.2 Å². The van der Waals surface area contributed by atoms with Crippen molar-refractivity contribution in [3.63, 3.8) is 0 Å². The molecule has 1 aliphatic heterocycles.